The van der Waals surface area contributed by atoms with Crippen LogP contribution < -0.4 is 5.32 Å². The van der Waals surface area contributed by atoms with Gasteiger partial charge in [-0.05, 0) is 48.5 Å². The van der Waals surface area contributed by atoms with E-state index in [0.717, 1.165) is 6.26 Å². The third-order valence-corrected chi connectivity index (χ3v) is 6.14. The Morgan fingerprint density at radius 2 is 1.66 bits per heavy atom. The lowest BCUT2D eigenvalue weighted by molar-refractivity contribution is 0.102. The van der Waals surface area contributed by atoms with E-state index in [1.807, 2.05) is 0 Å². The molecule has 0 aliphatic heterocycles. The number of aromatic nitrogens is 2. The second kappa shape index (κ2) is 8.49. The molecule has 0 unspecified atom stereocenters. The Morgan fingerprint density at radius 1 is 1.00 bits per heavy atom. The predicted octanol–water partition coefficient (Wildman–Crippen LogP) is 4.55. The first-order valence-electron chi connectivity index (χ1n) is 9.48. The van der Waals surface area contributed by atoms with Crippen LogP contribution in [-0.4, -0.2) is 35.5 Å². The van der Waals surface area contributed by atoms with Gasteiger partial charge in [-0.2, -0.15) is 5.10 Å². The third-order valence-electron chi connectivity index (χ3n) is 4.76. The Labute approximate surface area is 189 Å². The fraction of sp³-hybridized carbons (Fsp3) is 0.0435. The number of anilines is 1. The molecule has 0 fully saturated rings. The molecular formula is C23H18ClN3O4S. The van der Waals surface area contributed by atoms with Crippen molar-refractivity contribution in [1.82, 2.24) is 9.78 Å². The van der Waals surface area contributed by atoms with Crippen LogP contribution in [0.2, 0.25) is 5.02 Å². The molecule has 0 aliphatic rings. The van der Waals surface area contributed by atoms with Gasteiger partial charge in [0, 0.05) is 23.0 Å². The summed E-state index contributed by atoms with van der Waals surface area (Å²) in [7, 11) is -3.36. The van der Waals surface area contributed by atoms with E-state index in [9.17, 15) is 18.3 Å². The molecule has 0 aliphatic carbocycles. The van der Waals surface area contributed by atoms with E-state index < -0.39 is 15.7 Å². The first-order chi connectivity index (χ1) is 15.2. The topological polar surface area (TPSA) is 101 Å². The minimum Gasteiger partial charge on any atom is -0.506 e. The lowest BCUT2D eigenvalue weighted by Gasteiger charge is -2.07. The van der Waals surface area contributed by atoms with Gasteiger partial charge in [-0.25, -0.2) is 13.1 Å². The smallest absolute Gasteiger partial charge is 0.259 e. The van der Waals surface area contributed by atoms with Crippen LogP contribution in [0.25, 0.3) is 16.9 Å². The molecule has 1 aromatic heterocycles. The number of hydrogen-bond acceptors (Lipinski definition) is 5. The average molecular weight is 468 g/mol. The van der Waals surface area contributed by atoms with Crippen molar-refractivity contribution in [2.45, 2.75) is 4.90 Å². The van der Waals surface area contributed by atoms with Crippen LogP contribution in [0.15, 0.2) is 83.9 Å². The van der Waals surface area contributed by atoms with Crippen molar-refractivity contribution in [1.29, 1.82) is 0 Å². The van der Waals surface area contributed by atoms with Gasteiger partial charge < -0.3 is 10.4 Å². The number of carbonyl (C=O) groups excluding carboxylic acids is 1. The quantitative estimate of drug-likeness (QED) is 0.419. The standard InChI is InChI=1S/C23H18ClN3O4S/c1-32(30,31)18-12-6-15(7-13-18)22-19(23(29)25-20-4-2-3-5-21(20)28)14-27(26-22)17-10-8-16(24)9-11-17/h2-14,28H,1H3,(H,25,29). The van der Waals surface area contributed by atoms with Crippen LogP contribution in [0.3, 0.4) is 0 Å². The minimum absolute atomic E-state index is 0.0648. The molecule has 4 aromatic rings. The van der Waals surface area contributed by atoms with E-state index in [0.29, 0.717) is 22.0 Å². The number of benzene rings is 3. The fourth-order valence-corrected chi connectivity index (χ4v) is 3.86. The molecule has 0 bridgehead atoms. The SMILES string of the molecule is CS(=O)(=O)c1ccc(-c2nn(-c3ccc(Cl)cc3)cc2C(=O)Nc2ccccc2O)cc1. The maximum Gasteiger partial charge on any atom is 0.259 e. The Hall–Kier alpha value is -3.62. The van der Waals surface area contributed by atoms with Crippen molar-refractivity contribution in [2.75, 3.05) is 11.6 Å². The van der Waals surface area contributed by atoms with Crippen LogP contribution in [-0.2, 0) is 9.84 Å². The van der Waals surface area contributed by atoms with Crippen LogP contribution >= 0.6 is 11.6 Å². The summed E-state index contributed by atoms with van der Waals surface area (Å²) in [6.07, 6.45) is 2.70. The van der Waals surface area contributed by atoms with Crippen LogP contribution in [0.5, 0.6) is 5.75 Å². The summed E-state index contributed by atoms with van der Waals surface area (Å²) in [4.78, 5) is 13.3. The highest BCUT2D eigenvalue weighted by molar-refractivity contribution is 7.90. The van der Waals surface area contributed by atoms with Gasteiger partial charge in [-0.3, -0.25) is 4.79 Å². The normalized spacial score (nSPS) is 11.3. The van der Waals surface area contributed by atoms with E-state index in [1.165, 1.54) is 22.9 Å². The van der Waals surface area contributed by atoms with Crippen molar-refractivity contribution >= 4 is 33.0 Å². The summed E-state index contributed by atoms with van der Waals surface area (Å²) in [5, 5.41) is 17.8. The predicted molar refractivity (Wildman–Crippen MR) is 123 cm³/mol. The van der Waals surface area contributed by atoms with E-state index in [4.69, 9.17) is 11.6 Å². The highest BCUT2D eigenvalue weighted by Gasteiger charge is 2.20. The number of nitrogens with zero attached hydrogens (tertiary/aromatic N) is 2. The third kappa shape index (κ3) is 4.51. The fourth-order valence-electron chi connectivity index (χ4n) is 3.11. The molecule has 0 atom stereocenters. The molecule has 0 spiro atoms. The van der Waals surface area contributed by atoms with Crippen molar-refractivity contribution < 1.29 is 18.3 Å². The van der Waals surface area contributed by atoms with Crippen LogP contribution in [0, 0.1) is 0 Å². The van der Waals surface area contributed by atoms with Crippen molar-refractivity contribution in [3.8, 4) is 22.7 Å². The van der Waals surface area contributed by atoms with Gasteiger partial charge in [0.25, 0.3) is 5.91 Å². The molecule has 3 aromatic carbocycles. The summed E-state index contributed by atoms with van der Waals surface area (Å²) in [6, 6.07) is 19.5. The number of para-hydroxylation sites is 2. The summed E-state index contributed by atoms with van der Waals surface area (Å²) < 4.78 is 25.1. The Balaban J connectivity index is 1.79. The summed E-state index contributed by atoms with van der Waals surface area (Å²) in [6.45, 7) is 0. The maximum atomic E-state index is 13.1. The average Bonchev–Trinajstić information content (AvgIpc) is 3.21. The number of aromatic hydroxyl groups is 1. The molecule has 162 valence electrons. The molecule has 0 saturated carbocycles. The number of rotatable bonds is 5. The molecule has 0 radical (unpaired) electrons. The van der Waals surface area contributed by atoms with E-state index in [-0.39, 0.29) is 21.9 Å². The van der Waals surface area contributed by atoms with E-state index in [1.54, 1.807) is 60.8 Å². The number of carbonyl (C=O) groups is 1. The number of amides is 1. The Morgan fingerprint density at radius 3 is 2.28 bits per heavy atom. The molecule has 32 heavy (non-hydrogen) atoms. The van der Waals surface area contributed by atoms with Gasteiger partial charge in [0.2, 0.25) is 0 Å². The molecule has 7 nitrogen and oxygen atoms in total. The first kappa shape index (κ1) is 21.6. The van der Waals surface area contributed by atoms with E-state index in [2.05, 4.69) is 10.4 Å². The summed E-state index contributed by atoms with van der Waals surface area (Å²) >= 11 is 5.97. The van der Waals surface area contributed by atoms with Gasteiger partial charge >= 0.3 is 0 Å². The number of phenolic OH excluding ortho intramolecular Hbond substituents is 1. The van der Waals surface area contributed by atoms with Crippen molar-refractivity contribution in [3.63, 3.8) is 0 Å². The van der Waals surface area contributed by atoms with Gasteiger partial charge in [0.1, 0.15) is 11.4 Å². The van der Waals surface area contributed by atoms with Gasteiger partial charge in [0.15, 0.2) is 9.84 Å². The zero-order chi connectivity index (χ0) is 22.9. The van der Waals surface area contributed by atoms with Crippen LogP contribution in [0.1, 0.15) is 10.4 Å². The second-order valence-corrected chi connectivity index (χ2v) is 9.53. The highest BCUT2D eigenvalue weighted by Crippen LogP contribution is 2.28. The monoisotopic (exact) mass is 467 g/mol. The van der Waals surface area contributed by atoms with Crippen LogP contribution in [0.4, 0.5) is 5.69 Å². The van der Waals surface area contributed by atoms with E-state index >= 15 is 0 Å². The number of nitrogens with one attached hydrogen (secondary N) is 1. The maximum absolute atomic E-state index is 13.1. The molecular weight excluding hydrogens is 450 g/mol. The number of hydrogen-bond donors (Lipinski definition) is 2. The Kier molecular flexibility index (Phi) is 5.73. The van der Waals surface area contributed by atoms with Gasteiger partial charge in [-0.15, -0.1) is 0 Å². The van der Waals surface area contributed by atoms with Gasteiger partial charge in [-0.1, -0.05) is 35.9 Å². The van der Waals surface area contributed by atoms with Crippen molar-refractivity contribution in [3.05, 3.63) is 89.6 Å². The molecule has 0 saturated heterocycles. The first-order valence-corrected chi connectivity index (χ1v) is 11.7. The van der Waals surface area contributed by atoms with Gasteiger partial charge in [0.05, 0.1) is 21.8 Å². The molecule has 2 N–H and O–H groups in total. The largest absolute Gasteiger partial charge is 0.506 e. The molecule has 1 heterocycles. The molecule has 1 amide bonds. The van der Waals surface area contributed by atoms with Crippen molar-refractivity contribution in [2.24, 2.45) is 0 Å². The summed E-state index contributed by atoms with van der Waals surface area (Å²) in [5.41, 5.74) is 2.11. The lowest BCUT2D eigenvalue weighted by atomic mass is 10.1. The lowest BCUT2D eigenvalue weighted by Crippen LogP contribution is -2.12. The minimum atomic E-state index is -3.36. The zero-order valence-electron chi connectivity index (χ0n) is 16.9. The molecule has 9 heteroatoms. The highest BCUT2D eigenvalue weighted by atomic mass is 35.5. The number of sulfone groups is 1. The second-order valence-electron chi connectivity index (χ2n) is 7.08. The molecule has 4 rings (SSSR count). The zero-order valence-corrected chi connectivity index (χ0v) is 18.4. The summed E-state index contributed by atoms with van der Waals surface area (Å²) in [5.74, 6) is -0.543. The Bertz CT molecular complexity index is 1400. The number of phenols is 1. The number of halogens is 1.